The molecule has 1 aromatic heterocycles. The van der Waals surface area contributed by atoms with Gasteiger partial charge in [0.2, 0.25) is 5.91 Å². The number of hydrogen-bond donors (Lipinski definition) is 1. The van der Waals surface area contributed by atoms with Gasteiger partial charge < -0.3 is 9.88 Å². The summed E-state index contributed by atoms with van der Waals surface area (Å²) in [6.07, 6.45) is 6.69. The fourth-order valence-corrected chi connectivity index (χ4v) is 5.05. The second-order valence-corrected chi connectivity index (χ2v) is 7.75. The highest BCUT2D eigenvalue weighted by atomic mass is 16.2. The first-order chi connectivity index (χ1) is 12.1. The van der Waals surface area contributed by atoms with Crippen molar-refractivity contribution in [1.29, 1.82) is 0 Å². The molecule has 132 valence electrons. The van der Waals surface area contributed by atoms with Gasteiger partial charge in [0.1, 0.15) is 6.54 Å². The fraction of sp³-hybridized carbons (Fsp3) is 0.524. The lowest BCUT2D eigenvalue weighted by Gasteiger charge is -2.20. The van der Waals surface area contributed by atoms with Crippen LogP contribution in [-0.4, -0.2) is 17.0 Å². The van der Waals surface area contributed by atoms with Crippen LogP contribution in [0.1, 0.15) is 37.8 Å². The molecular formula is C21H26N2O2. The molecule has 4 nitrogen and oxygen atoms in total. The summed E-state index contributed by atoms with van der Waals surface area (Å²) in [4.78, 5) is 24.7. The van der Waals surface area contributed by atoms with Crippen molar-refractivity contribution in [3.05, 3.63) is 46.2 Å². The molecule has 0 unspecified atom stereocenters. The number of pyridine rings is 1. The van der Waals surface area contributed by atoms with Crippen LogP contribution in [0.2, 0.25) is 0 Å². The van der Waals surface area contributed by atoms with E-state index >= 15 is 0 Å². The smallest absolute Gasteiger partial charge is 0.239 e. The summed E-state index contributed by atoms with van der Waals surface area (Å²) in [6.45, 7) is 2.96. The number of aromatic nitrogens is 1. The van der Waals surface area contributed by atoms with E-state index < -0.39 is 0 Å². The summed E-state index contributed by atoms with van der Waals surface area (Å²) in [7, 11) is 0. The van der Waals surface area contributed by atoms with Gasteiger partial charge in [-0.15, -0.1) is 0 Å². The van der Waals surface area contributed by atoms with E-state index in [0.717, 1.165) is 29.6 Å². The molecule has 4 rings (SSSR count). The second kappa shape index (κ2) is 6.66. The zero-order valence-electron chi connectivity index (χ0n) is 14.8. The maximum absolute atomic E-state index is 12.5. The van der Waals surface area contributed by atoms with E-state index in [1.807, 2.05) is 35.8 Å². The number of hydrogen-bond acceptors (Lipinski definition) is 2. The van der Waals surface area contributed by atoms with Crippen molar-refractivity contribution in [2.24, 2.45) is 17.8 Å². The van der Waals surface area contributed by atoms with Crippen LogP contribution in [0.3, 0.4) is 0 Å². The molecule has 0 saturated heterocycles. The number of rotatable bonds is 4. The van der Waals surface area contributed by atoms with Crippen LogP contribution in [-0.2, 0) is 11.3 Å². The summed E-state index contributed by atoms with van der Waals surface area (Å²) in [6, 6.07) is 9.13. The Morgan fingerprint density at radius 2 is 2.04 bits per heavy atom. The number of carbonyl (C=O) groups excluding carboxylic acids is 1. The van der Waals surface area contributed by atoms with Gasteiger partial charge in [0.15, 0.2) is 5.43 Å². The number of para-hydroxylation sites is 1. The number of carbonyl (C=O) groups is 1. The maximum Gasteiger partial charge on any atom is 0.239 e. The maximum atomic E-state index is 12.5. The van der Waals surface area contributed by atoms with E-state index in [0.29, 0.717) is 11.3 Å². The highest BCUT2D eigenvalue weighted by Gasteiger charge is 2.38. The summed E-state index contributed by atoms with van der Waals surface area (Å²) in [5, 5.41) is 3.83. The molecule has 1 aromatic carbocycles. The number of nitrogens with zero attached hydrogens (tertiary/aromatic N) is 1. The molecule has 2 aliphatic carbocycles. The third-order valence-electron chi connectivity index (χ3n) is 6.32. The van der Waals surface area contributed by atoms with Crippen LogP contribution in [0, 0.1) is 24.7 Å². The average molecular weight is 338 g/mol. The predicted octanol–water partition coefficient (Wildman–Crippen LogP) is 3.25. The first kappa shape index (κ1) is 16.4. The molecular weight excluding hydrogens is 312 g/mol. The third-order valence-corrected chi connectivity index (χ3v) is 6.32. The van der Waals surface area contributed by atoms with Gasteiger partial charge in [0.25, 0.3) is 0 Å². The first-order valence-corrected chi connectivity index (χ1v) is 9.49. The van der Waals surface area contributed by atoms with E-state index in [-0.39, 0.29) is 17.9 Å². The molecule has 0 aliphatic heterocycles. The van der Waals surface area contributed by atoms with Crippen LogP contribution in [0.25, 0.3) is 10.9 Å². The Labute approximate surface area is 148 Å². The molecule has 3 atom stereocenters. The Balaban J connectivity index is 1.46. The van der Waals surface area contributed by atoms with E-state index in [2.05, 4.69) is 5.32 Å². The molecule has 25 heavy (non-hydrogen) atoms. The molecule has 1 amide bonds. The summed E-state index contributed by atoms with van der Waals surface area (Å²) in [5.41, 5.74) is 1.68. The van der Waals surface area contributed by atoms with Crippen molar-refractivity contribution in [1.82, 2.24) is 9.88 Å². The van der Waals surface area contributed by atoms with Gasteiger partial charge in [-0.05, 0) is 56.1 Å². The van der Waals surface area contributed by atoms with Gasteiger partial charge in [0, 0.05) is 23.7 Å². The van der Waals surface area contributed by atoms with Crippen molar-refractivity contribution >= 4 is 16.8 Å². The number of benzene rings is 1. The minimum Gasteiger partial charge on any atom is -0.354 e. The number of nitrogens with one attached hydrogen (secondary N) is 1. The average Bonchev–Trinajstić information content (AvgIpc) is 3.21. The molecule has 4 heteroatoms. The standard InChI is InChI=1S/C21H26N2O2/c1-14-11-20(24)18-6-2-3-8-19(18)23(14)13-21(25)22-12-16-10-9-15-5-4-7-17(15)16/h2-3,6,8,11,15-17H,4-5,7,9-10,12-13H2,1H3,(H,22,25)/t15-,16+,17-/m0/s1. The zero-order chi connectivity index (χ0) is 17.4. The molecule has 2 aromatic rings. The SMILES string of the molecule is Cc1cc(=O)c2ccccc2n1CC(=O)NC[C@H]1CC[C@@H]2CCC[C@@H]21. The molecule has 2 saturated carbocycles. The van der Waals surface area contributed by atoms with E-state index in [1.54, 1.807) is 6.07 Å². The van der Waals surface area contributed by atoms with Crippen LogP contribution >= 0.6 is 0 Å². The quantitative estimate of drug-likeness (QED) is 0.930. The Kier molecular flexibility index (Phi) is 4.36. The van der Waals surface area contributed by atoms with Crippen molar-refractivity contribution < 1.29 is 4.79 Å². The third kappa shape index (κ3) is 3.10. The molecule has 0 radical (unpaired) electrons. The Morgan fingerprint density at radius 3 is 2.92 bits per heavy atom. The largest absolute Gasteiger partial charge is 0.354 e. The Bertz CT molecular complexity index is 855. The predicted molar refractivity (Wildman–Crippen MR) is 99.5 cm³/mol. The van der Waals surface area contributed by atoms with Crippen LogP contribution in [0.15, 0.2) is 35.1 Å². The zero-order valence-corrected chi connectivity index (χ0v) is 14.8. The Hall–Kier alpha value is -2.10. The molecule has 2 aliphatic rings. The van der Waals surface area contributed by atoms with E-state index in [4.69, 9.17) is 0 Å². The van der Waals surface area contributed by atoms with Gasteiger partial charge in [-0.3, -0.25) is 9.59 Å². The number of aryl methyl sites for hydroxylation is 1. The number of amides is 1. The van der Waals surface area contributed by atoms with Gasteiger partial charge in [-0.2, -0.15) is 0 Å². The molecule has 0 spiro atoms. The minimum absolute atomic E-state index is 0.0167. The van der Waals surface area contributed by atoms with Gasteiger partial charge >= 0.3 is 0 Å². The lowest BCUT2D eigenvalue weighted by Crippen LogP contribution is -2.34. The summed E-state index contributed by atoms with van der Waals surface area (Å²) in [5.74, 6) is 2.43. The van der Waals surface area contributed by atoms with E-state index in [1.165, 1.54) is 32.1 Å². The lowest BCUT2D eigenvalue weighted by atomic mass is 9.92. The van der Waals surface area contributed by atoms with Crippen LogP contribution in [0.5, 0.6) is 0 Å². The highest BCUT2D eigenvalue weighted by Crippen LogP contribution is 2.47. The van der Waals surface area contributed by atoms with Crippen LogP contribution < -0.4 is 10.7 Å². The summed E-state index contributed by atoms with van der Waals surface area (Å²) >= 11 is 0. The minimum atomic E-state index is 0.0167. The van der Waals surface area contributed by atoms with Crippen molar-refractivity contribution in [3.8, 4) is 0 Å². The van der Waals surface area contributed by atoms with Crippen LogP contribution in [0.4, 0.5) is 0 Å². The Morgan fingerprint density at radius 1 is 1.20 bits per heavy atom. The summed E-state index contributed by atoms with van der Waals surface area (Å²) < 4.78 is 1.94. The van der Waals surface area contributed by atoms with Gasteiger partial charge in [-0.1, -0.05) is 25.0 Å². The normalized spacial score (nSPS) is 25.2. The fourth-order valence-electron chi connectivity index (χ4n) is 5.05. The lowest BCUT2D eigenvalue weighted by molar-refractivity contribution is -0.121. The van der Waals surface area contributed by atoms with Crippen molar-refractivity contribution in [2.75, 3.05) is 6.54 Å². The van der Waals surface area contributed by atoms with Crippen molar-refractivity contribution in [3.63, 3.8) is 0 Å². The molecule has 0 bridgehead atoms. The molecule has 1 heterocycles. The first-order valence-electron chi connectivity index (χ1n) is 9.49. The van der Waals surface area contributed by atoms with Gasteiger partial charge in [-0.25, -0.2) is 0 Å². The topological polar surface area (TPSA) is 51.1 Å². The second-order valence-electron chi connectivity index (χ2n) is 7.75. The number of fused-ring (bicyclic) bond motifs is 2. The van der Waals surface area contributed by atoms with Gasteiger partial charge in [0.05, 0.1) is 5.52 Å². The highest BCUT2D eigenvalue weighted by molar-refractivity contribution is 5.82. The monoisotopic (exact) mass is 338 g/mol. The molecule has 1 N–H and O–H groups in total. The molecule has 2 fully saturated rings. The van der Waals surface area contributed by atoms with E-state index in [9.17, 15) is 9.59 Å². The van der Waals surface area contributed by atoms with Crippen molar-refractivity contribution in [2.45, 2.75) is 45.6 Å².